The van der Waals surface area contributed by atoms with Crippen LogP contribution in [0.5, 0.6) is 23.0 Å². The van der Waals surface area contributed by atoms with Crippen molar-refractivity contribution < 1.29 is 18.9 Å². The molecule has 220 valence electrons. The Morgan fingerprint density at radius 1 is 0.341 bits per heavy atom. The fourth-order valence-corrected chi connectivity index (χ4v) is 5.06. The van der Waals surface area contributed by atoms with Crippen molar-refractivity contribution >= 4 is 11.1 Å². The highest BCUT2D eigenvalue weighted by Crippen LogP contribution is 2.26. The first-order valence-corrected chi connectivity index (χ1v) is 13.6. The van der Waals surface area contributed by atoms with Crippen molar-refractivity contribution in [2.75, 3.05) is 28.4 Å². The van der Waals surface area contributed by atoms with E-state index >= 15 is 0 Å². The van der Waals surface area contributed by atoms with Crippen LogP contribution >= 0.6 is 0 Å². The molecule has 0 amide bonds. The number of benzene rings is 5. The van der Waals surface area contributed by atoms with Crippen molar-refractivity contribution in [3.63, 3.8) is 0 Å². The maximum atomic E-state index is 14.0. The van der Waals surface area contributed by atoms with Crippen LogP contribution in [0.25, 0.3) is 11.1 Å². The lowest BCUT2D eigenvalue weighted by Crippen LogP contribution is -2.65. The molecule has 5 aromatic rings. The van der Waals surface area contributed by atoms with Crippen LogP contribution in [0.4, 0.5) is 0 Å². The van der Waals surface area contributed by atoms with Gasteiger partial charge in [0, 0.05) is 11.1 Å². The van der Waals surface area contributed by atoms with Crippen molar-refractivity contribution in [2.45, 2.75) is 0 Å². The van der Waals surface area contributed by atoms with E-state index in [1.807, 2.05) is 0 Å². The van der Waals surface area contributed by atoms with Gasteiger partial charge >= 0.3 is 0 Å². The summed E-state index contributed by atoms with van der Waals surface area (Å²) < 4.78 is 21.1. The maximum Gasteiger partial charge on any atom is 0.238 e. The molecule has 0 fully saturated rings. The minimum Gasteiger partial charge on any atom is -0.497 e. The van der Waals surface area contributed by atoms with E-state index in [0.717, 1.165) is 0 Å². The molecule has 0 aliphatic carbocycles. The predicted octanol–water partition coefficient (Wildman–Crippen LogP) is 2.53. The molecular formula is C36H28O8. The van der Waals surface area contributed by atoms with Gasteiger partial charge in [-0.1, -0.05) is 48.5 Å². The van der Waals surface area contributed by atoms with Gasteiger partial charge in [-0.3, -0.25) is 19.2 Å². The number of rotatable bonds is 8. The first kappa shape index (κ1) is 29.7. The highest BCUT2D eigenvalue weighted by molar-refractivity contribution is 5.81. The minimum atomic E-state index is -1.08. The molecule has 0 saturated heterocycles. The second-order valence-corrected chi connectivity index (χ2v) is 9.73. The van der Waals surface area contributed by atoms with Gasteiger partial charge in [0.05, 0.1) is 38.9 Å². The van der Waals surface area contributed by atoms with E-state index in [0.29, 0.717) is 45.3 Å². The first-order chi connectivity index (χ1) is 21.3. The van der Waals surface area contributed by atoms with E-state index < -0.39 is 32.2 Å². The Hall–Kier alpha value is -5.76. The molecule has 0 atom stereocenters. The summed E-state index contributed by atoms with van der Waals surface area (Å²) in [5.74, 6) is 2.20. The zero-order chi connectivity index (χ0) is 31.4. The van der Waals surface area contributed by atoms with Gasteiger partial charge in [-0.05, 0) is 70.8 Å². The Morgan fingerprint density at radius 3 is 0.682 bits per heavy atom. The van der Waals surface area contributed by atoms with Crippen LogP contribution < -0.4 is 51.1 Å². The molecule has 8 nitrogen and oxygen atoms in total. The Morgan fingerprint density at radius 2 is 0.523 bits per heavy atom. The zero-order valence-electron chi connectivity index (χ0n) is 24.5. The minimum absolute atomic E-state index is 0.154. The summed E-state index contributed by atoms with van der Waals surface area (Å²) in [6.07, 6.45) is 0. The summed E-state index contributed by atoms with van der Waals surface area (Å²) in [6.45, 7) is 0. The fraction of sp³-hybridized carbons (Fsp3) is 0.111. The van der Waals surface area contributed by atoms with Crippen LogP contribution in [0.3, 0.4) is 0 Å². The van der Waals surface area contributed by atoms with Crippen LogP contribution in [0, 0.1) is 0 Å². The van der Waals surface area contributed by atoms with Gasteiger partial charge in [-0.2, -0.15) is 0 Å². The van der Waals surface area contributed by atoms with Gasteiger partial charge in [0.1, 0.15) is 23.0 Å². The zero-order valence-corrected chi connectivity index (χ0v) is 24.5. The van der Waals surface area contributed by atoms with Crippen molar-refractivity contribution in [3.05, 3.63) is 171 Å². The quantitative estimate of drug-likeness (QED) is 0.255. The van der Waals surface area contributed by atoms with Gasteiger partial charge in [0.15, 0.2) is 0 Å². The van der Waals surface area contributed by atoms with Crippen molar-refractivity contribution in [3.8, 4) is 23.0 Å². The van der Waals surface area contributed by atoms with Crippen molar-refractivity contribution in [1.82, 2.24) is 0 Å². The molecule has 0 unspecified atom stereocenters. The van der Waals surface area contributed by atoms with E-state index in [1.54, 1.807) is 97.1 Å². The van der Waals surface area contributed by atoms with Crippen molar-refractivity contribution in [2.24, 2.45) is 0 Å². The molecular weight excluding hydrogens is 560 g/mol. The summed E-state index contributed by atoms with van der Waals surface area (Å²) in [4.78, 5) is 56.0. The second kappa shape index (κ2) is 12.6. The fourth-order valence-electron chi connectivity index (χ4n) is 5.06. The van der Waals surface area contributed by atoms with Gasteiger partial charge < -0.3 is 18.9 Å². The average molecular weight is 589 g/mol. The summed E-state index contributed by atoms with van der Waals surface area (Å²) in [6, 6.07) is 26.6. The lowest BCUT2D eigenvalue weighted by atomic mass is 9.92. The molecule has 44 heavy (non-hydrogen) atoms. The lowest BCUT2D eigenvalue weighted by Gasteiger charge is -2.11. The van der Waals surface area contributed by atoms with E-state index in [-0.39, 0.29) is 11.1 Å². The van der Waals surface area contributed by atoms with Crippen LogP contribution in [0.1, 0.15) is 22.3 Å². The Kier molecular flexibility index (Phi) is 8.53. The number of hydrogen-bond donors (Lipinski definition) is 0. The summed E-state index contributed by atoms with van der Waals surface area (Å²) in [7, 11) is 6.06. The summed E-state index contributed by atoms with van der Waals surface area (Å²) >= 11 is 0. The van der Waals surface area contributed by atoms with Gasteiger partial charge in [-0.25, -0.2) is 0 Å². The number of hydrogen-bond acceptors (Lipinski definition) is 8. The van der Waals surface area contributed by atoms with Gasteiger partial charge in [-0.15, -0.1) is 0 Å². The molecule has 5 rings (SSSR count). The number of methoxy groups -OCH3 is 4. The van der Waals surface area contributed by atoms with Crippen LogP contribution in [-0.2, 0) is 0 Å². The first-order valence-electron chi connectivity index (χ1n) is 13.6. The molecule has 0 radical (unpaired) electrons. The summed E-state index contributed by atoms with van der Waals surface area (Å²) in [5, 5.41) is -0.995. The second-order valence-electron chi connectivity index (χ2n) is 9.73. The molecule has 8 heteroatoms. The number of ether oxygens (including phenoxy) is 4. The highest BCUT2D eigenvalue weighted by Gasteiger charge is 2.20. The highest BCUT2D eigenvalue weighted by atomic mass is 16.5. The molecule has 0 bridgehead atoms. The van der Waals surface area contributed by atoms with E-state index in [1.165, 1.54) is 28.4 Å². The largest absolute Gasteiger partial charge is 0.497 e. The maximum absolute atomic E-state index is 14.0. The molecule has 5 aromatic carbocycles. The molecule has 0 aromatic heterocycles. The third kappa shape index (κ3) is 5.53. The molecule has 0 N–H and O–H groups in total. The SMILES string of the molecule is COc1ccc(C(c2ccc(OC)cc2)=c2c(=O)c(=O)c(=C(c3ccc(OC)cc3)c3ccc(OC)cc3)c(=O)c2=O)cc1. The van der Waals surface area contributed by atoms with Gasteiger partial charge in [0.2, 0.25) is 21.7 Å². The topological polar surface area (TPSA) is 105 Å². The lowest BCUT2D eigenvalue weighted by molar-refractivity contribution is 0.414. The van der Waals surface area contributed by atoms with Crippen LogP contribution in [0.2, 0.25) is 0 Å². The molecule has 0 heterocycles. The Balaban J connectivity index is 1.96. The Bertz CT molecular complexity index is 1830. The molecule has 0 saturated carbocycles. The Labute approximate surface area is 252 Å². The summed E-state index contributed by atoms with van der Waals surface area (Å²) in [5.41, 5.74) is -2.20. The van der Waals surface area contributed by atoms with Crippen molar-refractivity contribution in [1.29, 1.82) is 0 Å². The van der Waals surface area contributed by atoms with Crippen LogP contribution in [-0.4, -0.2) is 28.4 Å². The van der Waals surface area contributed by atoms with Crippen LogP contribution in [0.15, 0.2) is 116 Å². The predicted molar refractivity (Wildman–Crippen MR) is 168 cm³/mol. The molecule has 0 aliphatic rings. The average Bonchev–Trinajstić information content (AvgIpc) is 3.08. The van der Waals surface area contributed by atoms with Gasteiger partial charge in [0.25, 0.3) is 0 Å². The normalized spacial score (nSPS) is 10.6. The monoisotopic (exact) mass is 588 g/mol. The standard InChI is InChI=1S/C36H28O8/c1-41-25-13-5-21(6-14-25)29(22-7-15-26(42-2)16-8-22)31-33(37)35(39)32(36(40)34(31)38)30(23-9-17-27(43-3)18-10-23)24-11-19-28(44-4)20-12-24/h5-20H,1-4H3. The third-order valence-electron chi connectivity index (χ3n) is 7.34. The van der Waals surface area contributed by atoms with E-state index in [2.05, 4.69) is 0 Å². The molecule has 0 spiro atoms. The van der Waals surface area contributed by atoms with E-state index in [4.69, 9.17) is 18.9 Å². The smallest absolute Gasteiger partial charge is 0.238 e. The molecule has 0 aliphatic heterocycles. The van der Waals surface area contributed by atoms with E-state index in [9.17, 15) is 19.2 Å². The third-order valence-corrected chi connectivity index (χ3v) is 7.34.